The van der Waals surface area contributed by atoms with Gasteiger partial charge in [-0.15, -0.1) is 11.3 Å². The Hall–Kier alpha value is -1.69. The number of piperidine rings is 1. The molecule has 2 aliphatic rings. The van der Waals surface area contributed by atoms with Gasteiger partial charge in [0.25, 0.3) is 5.91 Å². The van der Waals surface area contributed by atoms with Crippen molar-refractivity contribution in [2.45, 2.75) is 50.2 Å². The molecule has 0 atom stereocenters. The van der Waals surface area contributed by atoms with Gasteiger partial charge in [-0.1, -0.05) is 0 Å². The number of carbonyl (C=O) groups is 2. The molecule has 0 bridgehead atoms. The zero-order valence-corrected chi connectivity index (χ0v) is 19.2. The highest BCUT2D eigenvalue weighted by Crippen LogP contribution is 2.26. The van der Waals surface area contributed by atoms with E-state index in [0.29, 0.717) is 39.1 Å². The molecule has 0 unspecified atom stereocenters. The van der Waals surface area contributed by atoms with Crippen molar-refractivity contribution in [1.82, 2.24) is 14.5 Å². The molecule has 2 saturated heterocycles. The first-order valence-electron chi connectivity index (χ1n) is 10.0. The molecule has 0 aromatic carbocycles. The van der Waals surface area contributed by atoms with Crippen molar-refractivity contribution < 1.29 is 27.5 Å². The highest BCUT2D eigenvalue weighted by Gasteiger charge is 2.33. The molecular formula is C19H29N3O6S2. The Morgan fingerprint density at radius 2 is 1.80 bits per heavy atom. The van der Waals surface area contributed by atoms with Crippen molar-refractivity contribution in [2.75, 3.05) is 39.4 Å². The molecule has 30 heavy (non-hydrogen) atoms. The van der Waals surface area contributed by atoms with Gasteiger partial charge in [-0.25, -0.2) is 13.2 Å². The molecule has 2 amide bonds. The minimum absolute atomic E-state index is 0.0399. The Balaban J connectivity index is 1.59. The predicted molar refractivity (Wildman–Crippen MR) is 112 cm³/mol. The summed E-state index contributed by atoms with van der Waals surface area (Å²) >= 11 is 1.12. The molecule has 1 N–H and O–H groups in total. The Morgan fingerprint density at radius 3 is 2.40 bits per heavy atom. The number of amides is 2. The van der Waals surface area contributed by atoms with Crippen molar-refractivity contribution in [3.63, 3.8) is 0 Å². The largest absolute Gasteiger partial charge is 0.444 e. The van der Waals surface area contributed by atoms with E-state index in [-0.39, 0.29) is 35.0 Å². The van der Waals surface area contributed by atoms with Crippen LogP contribution < -0.4 is 5.32 Å². The van der Waals surface area contributed by atoms with E-state index in [4.69, 9.17) is 9.47 Å². The molecular weight excluding hydrogens is 430 g/mol. The Bertz CT molecular complexity index is 863. The van der Waals surface area contributed by atoms with E-state index in [0.717, 1.165) is 11.3 Å². The van der Waals surface area contributed by atoms with Crippen molar-refractivity contribution in [3.8, 4) is 0 Å². The summed E-state index contributed by atoms with van der Waals surface area (Å²) in [6.07, 6.45) is 0.813. The molecule has 3 heterocycles. The maximum atomic E-state index is 12.9. The van der Waals surface area contributed by atoms with Crippen LogP contribution in [0.25, 0.3) is 0 Å². The van der Waals surface area contributed by atoms with Crippen molar-refractivity contribution >= 4 is 33.4 Å². The third-order valence-electron chi connectivity index (χ3n) is 4.91. The lowest BCUT2D eigenvalue weighted by Crippen LogP contribution is -2.48. The van der Waals surface area contributed by atoms with Gasteiger partial charge in [0.1, 0.15) is 15.4 Å². The Kier molecular flexibility index (Phi) is 7.05. The number of hydrogen-bond acceptors (Lipinski definition) is 7. The topological polar surface area (TPSA) is 105 Å². The first-order valence-corrected chi connectivity index (χ1v) is 12.3. The normalized spacial score (nSPS) is 19.5. The molecule has 11 heteroatoms. The fraction of sp³-hybridized carbons (Fsp3) is 0.684. The lowest BCUT2D eigenvalue weighted by atomic mass is 10.1. The van der Waals surface area contributed by atoms with E-state index in [1.165, 1.54) is 10.4 Å². The van der Waals surface area contributed by atoms with E-state index in [1.54, 1.807) is 10.3 Å². The lowest BCUT2D eigenvalue weighted by molar-refractivity contribution is 0.0199. The number of likely N-dealkylation sites (tertiary alicyclic amines) is 1. The minimum Gasteiger partial charge on any atom is -0.444 e. The molecule has 9 nitrogen and oxygen atoms in total. The van der Waals surface area contributed by atoms with Gasteiger partial charge >= 0.3 is 6.09 Å². The summed E-state index contributed by atoms with van der Waals surface area (Å²) < 4.78 is 37.8. The number of ether oxygens (including phenoxy) is 2. The maximum absolute atomic E-state index is 12.9. The second-order valence-corrected chi connectivity index (χ2v) is 11.2. The summed E-state index contributed by atoms with van der Waals surface area (Å²) in [5.41, 5.74) is -0.552. The number of rotatable bonds is 4. The summed E-state index contributed by atoms with van der Waals surface area (Å²) in [5.74, 6) is -0.396. The number of sulfonamides is 1. The SMILES string of the molecule is CC(C)(C)OC(=O)N1CCC(NC(=O)c2sccc2S(=O)(=O)N2CCOCC2)CC1. The van der Waals surface area contributed by atoms with Crippen LogP contribution in [0.2, 0.25) is 0 Å². The van der Waals surface area contributed by atoms with Crippen LogP contribution in [0.15, 0.2) is 16.3 Å². The summed E-state index contributed by atoms with van der Waals surface area (Å²) in [4.78, 5) is 26.8. The highest BCUT2D eigenvalue weighted by molar-refractivity contribution is 7.89. The molecule has 0 radical (unpaired) electrons. The van der Waals surface area contributed by atoms with Gasteiger partial charge < -0.3 is 19.7 Å². The standard InChI is InChI=1S/C19H29N3O6S2/c1-19(2,3)28-18(24)21-7-4-14(5-8-21)20-17(23)16-15(6-13-29-16)30(25,26)22-9-11-27-12-10-22/h6,13-14H,4-5,7-12H2,1-3H3,(H,20,23). The zero-order valence-electron chi connectivity index (χ0n) is 17.5. The van der Waals surface area contributed by atoms with Crippen LogP contribution in [-0.2, 0) is 19.5 Å². The van der Waals surface area contributed by atoms with Gasteiger partial charge in [0.05, 0.1) is 13.2 Å². The molecule has 3 rings (SSSR count). The molecule has 0 saturated carbocycles. The molecule has 1 aromatic heterocycles. The van der Waals surface area contributed by atoms with E-state index in [2.05, 4.69) is 5.32 Å². The van der Waals surface area contributed by atoms with E-state index >= 15 is 0 Å². The third-order valence-corrected chi connectivity index (χ3v) is 7.89. The second kappa shape index (κ2) is 9.21. The predicted octanol–water partition coefficient (Wildman–Crippen LogP) is 1.90. The summed E-state index contributed by atoms with van der Waals surface area (Å²) in [7, 11) is -3.74. The van der Waals surface area contributed by atoms with Gasteiger partial charge in [0.2, 0.25) is 10.0 Å². The first kappa shape index (κ1) is 23.0. The monoisotopic (exact) mass is 459 g/mol. The zero-order chi connectivity index (χ0) is 21.9. The lowest BCUT2D eigenvalue weighted by Gasteiger charge is -2.33. The minimum atomic E-state index is -3.74. The molecule has 1 aromatic rings. The number of thiophene rings is 1. The van der Waals surface area contributed by atoms with Crippen molar-refractivity contribution in [1.29, 1.82) is 0 Å². The number of morpholine rings is 1. The first-order chi connectivity index (χ1) is 14.1. The van der Waals surface area contributed by atoms with Gasteiger partial charge in [-0.3, -0.25) is 4.79 Å². The molecule has 0 spiro atoms. The smallest absolute Gasteiger partial charge is 0.410 e. The fourth-order valence-corrected chi connectivity index (χ4v) is 6.09. The van der Waals surface area contributed by atoms with Crippen LogP contribution in [-0.4, -0.2) is 80.7 Å². The van der Waals surface area contributed by atoms with Gasteiger partial charge in [0.15, 0.2) is 0 Å². The van der Waals surface area contributed by atoms with Gasteiger partial charge in [-0.2, -0.15) is 4.31 Å². The third kappa shape index (κ3) is 5.51. The van der Waals surface area contributed by atoms with Gasteiger partial charge in [0, 0.05) is 32.2 Å². The summed E-state index contributed by atoms with van der Waals surface area (Å²) in [6.45, 7) is 7.67. The van der Waals surface area contributed by atoms with Crippen LogP contribution >= 0.6 is 11.3 Å². The van der Waals surface area contributed by atoms with E-state index < -0.39 is 21.5 Å². The number of carbonyl (C=O) groups excluding carboxylic acids is 2. The Morgan fingerprint density at radius 1 is 1.17 bits per heavy atom. The highest BCUT2D eigenvalue weighted by atomic mass is 32.2. The molecule has 2 aliphatic heterocycles. The van der Waals surface area contributed by atoms with E-state index in [9.17, 15) is 18.0 Å². The Labute approximate surface area is 181 Å². The summed E-state index contributed by atoms with van der Waals surface area (Å²) in [6, 6.07) is 1.35. The number of nitrogens with zero attached hydrogens (tertiary/aromatic N) is 2. The van der Waals surface area contributed by atoms with E-state index in [1.807, 2.05) is 20.8 Å². The van der Waals surface area contributed by atoms with Crippen molar-refractivity contribution in [2.24, 2.45) is 0 Å². The molecule has 2 fully saturated rings. The number of nitrogens with one attached hydrogen (secondary N) is 1. The van der Waals surface area contributed by atoms with Crippen molar-refractivity contribution in [3.05, 3.63) is 16.3 Å². The number of hydrogen-bond donors (Lipinski definition) is 1. The average Bonchev–Trinajstić information content (AvgIpc) is 3.19. The van der Waals surface area contributed by atoms with Crippen LogP contribution in [0.4, 0.5) is 4.79 Å². The molecule has 168 valence electrons. The van der Waals surface area contributed by atoms with Crippen LogP contribution in [0.5, 0.6) is 0 Å². The van der Waals surface area contributed by atoms with Crippen LogP contribution in [0, 0.1) is 0 Å². The van der Waals surface area contributed by atoms with Crippen LogP contribution in [0.3, 0.4) is 0 Å². The summed E-state index contributed by atoms with van der Waals surface area (Å²) in [5, 5.41) is 4.55. The van der Waals surface area contributed by atoms with Gasteiger partial charge in [-0.05, 0) is 45.1 Å². The van der Waals surface area contributed by atoms with Crippen LogP contribution in [0.1, 0.15) is 43.3 Å². The second-order valence-electron chi connectivity index (χ2n) is 8.35. The fourth-order valence-electron chi connectivity index (χ4n) is 3.38. The molecule has 0 aliphatic carbocycles. The maximum Gasteiger partial charge on any atom is 0.410 e. The average molecular weight is 460 g/mol. The quantitative estimate of drug-likeness (QED) is 0.737.